The van der Waals surface area contributed by atoms with E-state index in [1.165, 1.54) is 12.8 Å². The molecule has 1 aliphatic rings. The van der Waals surface area contributed by atoms with Crippen molar-refractivity contribution in [3.63, 3.8) is 0 Å². The van der Waals surface area contributed by atoms with Crippen molar-refractivity contribution in [2.75, 3.05) is 0 Å². The van der Waals surface area contributed by atoms with E-state index in [1.807, 2.05) is 42.1 Å². The van der Waals surface area contributed by atoms with Gasteiger partial charge in [0, 0.05) is 18.8 Å². The van der Waals surface area contributed by atoms with Gasteiger partial charge < -0.3 is 5.32 Å². The zero-order chi connectivity index (χ0) is 14.7. The smallest absolute Gasteiger partial charge is 0.220 e. The quantitative estimate of drug-likeness (QED) is 0.884. The summed E-state index contributed by atoms with van der Waals surface area (Å²) in [7, 11) is 0. The summed E-state index contributed by atoms with van der Waals surface area (Å²) in [5.74, 6) is 0.952. The van der Waals surface area contributed by atoms with E-state index < -0.39 is 0 Å². The van der Waals surface area contributed by atoms with Gasteiger partial charge in [-0.3, -0.25) is 4.79 Å². The Balaban J connectivity index is 1.62. The first kappa shape index (κ1) is 13.9. The lowest BCUT2D eigenvalue weighted by Gasteiger charge is -2.15. The monoisotopic (exact) mass is 283 g/mol. The number of nitrogens with one attached hydrogen (secondary N) is 1. The van der Waals surface area contributed by atoms with Crippen molar-refractivity contribution in [2.24, 2.45) is 5.92 Å². The van der Waals surface area contributed by atoms with Crippen molar-refractivity contribution in [3.8, 4) is 5.69 Å². The van der Waals surface area contributed by atoms with Gasteiger partial charge in [-0.1, -0.05) is 25.0 Å². The number of carbonyl (C=O) groups is 1. The number of hydrogen-bond acceptors (Lipinski definition) is 2. The molecule has 1 atom stereocenters. The first-order valence-electron chi connectivity index (χ1n) is 7.62. The lowest BCUT2D eigenvalue weighted by Crippen LogP contribution is -2.26. The lowest BCUT2D eigenvalue weighted by atomic mass is 10.1. The van der Waals surface area contributed by atoms with E-state index in [2.05, 4.69) is 16.5 Å². The molecule has 1 N–H and O–H groups in total. The summed E-state index contributed by atoms with van der Waals surface area (Å²) in [5, 5.41) is 7.32. The predicted octanol–water partition coefficient (Wildman–Crippen LogP) is 3.24. The molecule has 1 aliphatic carbocycles. The van der Waals surface area contributed by atoms with E-state index in [0.29, 0.717) is 6.42 Å². The van der Waals surface area contributed by atoms with Gasteiger partial charge >= 0.3 is 0 Å². The summed E-state index contributed by atoms with van der Waals surface area (Å²) < 4.78 is 1.82. The molecule has 1 heterocycles. The summed E-state index contributed by atoms with van der Waals surface area (Å²) in [6.07, 6.45) is 7.96. The molecule has 21 heavy (non-hydrogen) atoms. The van der Waals surface area contributed by atoms with E-state index in [0.717, 1.165) is 23.6 Å². The fourth-order valence-electron chi connectivity index (χ4n) is 2.50. The second kappa shape index (κ2) is 6.12. The van der Waals surface area contributed by atoms with Gasteiger partial charge in [0.15, 0.2) is 0 Å². The lowest BCUT2D eigenvalue weighted by molar-refractivity contribution is -0.121. The third kappa shape index (κ3) is 3.72. The molecule has 0 aliphatic heterocycles. The topological polar surface area (TPSA) is 46.9 Å². The number of benzene rings is 1. The highest BCUT2D eigenvalue weighted by Gasteiger charge is 2.22. The fourth-order valence-corrected chi connectivity index (χ4v) is 2.50. The molecular weight excluding hydrogens is 262 g/mol. The van der Waals surface area contributed by atoms with Gasteiger partial charge in [0.1, 0.15) is 0 Å². The summed E-state index contributed by atoms with van der Waals surface area (Å²) in [6, 6.07) is 10.0. The second-order valence-electron chi connectivity index (χ2n) is 5.82. The number of aromatic nitrogens is 2. The minimum atomic E-state index is 0.0206. The first-order valence-corrected chi connectivity index (χ1v) is 7.62. The Morgan fingerprint density at radius 2 is 2.29 bits per heavy atom. The molecule has 110 valence electrons. The SMILES string of the molecule is C[C@@H](NC(=O)CCC1CC1)c1cccc(-n2cccn2)c1. The third-order valence-electron chi connectivity index (χ3n) is 3.99. The molecule has 1 fully saturated rings. The fraction of sp³-hybridized carbons (Fsp3) is 0.412. The van der Waals surface area contributed by atoms with E-state index >= 15 is 0 Å². The average Bonchev–Trinajstić information content (AvgIpc) is 3.17. The number of hydrogen-bond donors (Lipinski definition) is 1. The first-order chi connectivity index (χ1) is 10.2. The van der Waals surface area contributed by atoms with Gasteiger partial charge in [-0.05, 0) is 43.0 Å². The van der Waals surface area contributed by atoms with Crippen LogP contribution in [0.4, 0.5) is 0 Å². The Morgan fingerprint density at radius 1 is 1.43 bits per heavy atom. The van der Waals surface area contributed by atoms with Crippen LogP contribution in [0.3, 0.4) is 0 Å². The Labute approximate surface area is 125 Å². The van der Waals surface area contributed by atoms with Crippen molar-refractivity contribution in [3.05, 3.63) is 48.3 Å². The highest BCUT2D eigenvalue weighted by molar-refractivity contribution is 5.76. The molecule has 3 rings (SSSR count). The van der Waals surface area contributed by atoms with Crippen LogP contribution in [-0.2, 0) is 4.79 Å². The minimum absolute atomic E-state index is 0.0206. The van der Waals surface area contributed by atoms with Gasteiger partial charge in [0.25, 0.3) is 0 Å². The molecule has 1 aromatic carbocycles. The van der Waals surface area contributed by atoms with Crippen LogP contribution in [0.2, 0.25) is 0 Å². The van der Waals surface area contributed by atoms with Crippen LogP contribution in [0.15, 0.2) is 42.7 Å². The zero-order valence-corrected chi connectivity index (χ0v) is 12.3. The summed E-state index contributed by atoms with van der Waals surface area (Å²) >= 11 is 0. The standard InChI is InChI=1S/C17H21N3O/c1-13(19-17(21)9-8-14-6-7-14)15-4-2-5-16(12-15)20-11-3-10-18-20/h2-5,10-14H,6-9H2,1H3,(H,19,21)/t13-/m1/s1. The van der Waals surface area contributed by atoms with Crippen molar-refractivity contribution in [1.82, 2.24) is 15.1 Å². The summed E-state index contributed by atoms with van der Waals surface area (Å²) in [6.45, 7) is 2.03. The number of rotatable bonds is 6. The molecule has 4 heteroatoms. The maximum atomic E-state index is 11.9. The van der Waals surface area contributed by atoms with E-state index in [-0.39, 0.29) is 11.9 Å². The van der Waals surface area contributed by atoms with Crippen molar-refractivity contribution < 1.29 is 4.79 Å². The van der Waals surface area contributed by atoms with E-state index in [4.69, 9.17) is 0 Å². The van der Waals surface area contributed by atoms with E-state index in [9.17, 15) is 4.79 Å². The van der Waals surface area contributed by atoms with Crippen LogP contribution in [0.5, 0.6) is 0 Å². The molecule has 0 spiro atoms. The maximum absolute atomic E-state index is 11.9. The van der Waals surface area contributed by atoms with Crippen LogP contribution >= 0.6 is 0 Å². The van der Waals surface area contributed by atoms with Crippen molar-refractivity contribution in [1.29, 1.82) is 0 Å². The number of carbonyl (C=O) groups excluding carboxylic acids is 1. The third-order valence-corrected chi connectivity index (χ3v) is 3.99. The number of nitrogens with zero attached hydrogens (tertiary/aromatic N) is 2. The molecule has 1 amide bonds. The van der Waals surface area contributed by atoms with E-state index in [1.54, 1.807) is 6.20 Å². The van der Waals surface area contributed by atoms with Crippen molar-refractivity contribution in [2.45, 2.75) is 38.6 Å². The molecule has 2 aromatic rings. The van der Waals surface area contributed by atoms with Crippen LogP contribution < -0.4 is 5.32 Å². The zero-order valence-electron chi connectivity index (χ0n) is 12.3. The Morgan fingerprint density at radius 3 is 3.00 bits per heavy atom. The van der Waals surface area contributed by atoms with Crippen LogP contribution in [0, 0.1) is 5.92 Å². The largest absolute Gasteiger partial charge is 0.350 e. The van der Waals surface area contributed by atoms with Gasteiger partial charge in [0.2, 0.25) is 5.91 Å². The maximum Gasteiger partial charge on any atom is 0.220 e. The van der Waals surface area contributed by atoms with Gasteiger partial charge in [0.05, 0.1) is 11.7 Å². The molecule has 1 saturated carbocycles. The Bertz CT molecular complexity index is 602. The molecule has 0 saturated heterocycles. The number of amides is 1. The van der Waals surface area contributed by atoms with Crippen molar-refractivity contribution >= 4 is 5.91 Å². The molecule has 1 aromatic heterocycles. The Hall–Kier alpha value is -2.10. The van der Waals surface area contributed by atoms with Crippen LogP contribution in [-0.4, -0.2) is 15.7 Å². The molecular formula is C17H21N3O. The van der Waals surface area contributed by atoms with Crippen LogP contribution in [0.25, 0.3) is 5.69 Å². The molecule has 0 radical (unpaired) electrons. The van der Waals surface area contributed by atoms with Gasteiger partial charge in [-0.2, -0.15) is 5.10 Å². The van der Waals surface area contributed by atoms with Crippen LogP contribution in [0.1, 0.15) is 44.2 Å². The minimum Gasteiger partial charge on any atom is -0.350 e. The molecule has 0 unspecified atom stereocenters. The summed E-state index contributed by atoms with van der Waals surface area (Å²) in [5.41, 5.74) is 2.11. The molecule has 4 nitrogen and oxygen atoms in total. The predicted molar refractivity (Wildman–Crippen MR) is 82.1 cm³/mol. The highest BCUT2D eigenvalue weighted by atomic mass is 16.1. The highest BCUT2D eigenvalue weighted by Crippen LogP contribution is 2.33. The molecule has 0 bridgehead atoms. The Kier molecular flexibility index (Phi) is 4.04. The normalized spacial score (nSPS) is 15.7. The van der Waals surface area contributed by atoms with Gasteiger partial charge in [-0.15, -0.1) is 0 Å². The van der Waals surface area contributed by atoms with Gasteiger partial charge in [-0.25, -0.2) is 4.68 Å². The second-order valence-corrected chi connectivity index (χ2v) is 5.82. The average molecular weight is 283 g/mol. The summed E-state index contributed by atoms with van der Waals surface area (Å²) in [4.78, 5) is 11.9.